The Hall–Kier alpha value is -1.32. The fraction of sp³-hybridized carbons (Fsp3) is 0.714. The lowest BCUT2D eigenvalue weighted by Gasteiger charge is -2.03. The predicted octanol–water partition coefficient (Wildman–Crippen LogP) is 2.82. The lowest BCUT2D eigenvalue weighted by Crippen LogP contribution is -2.24. The minimum absolute atomic E-state index is 0.0627. The molecule has 1 aromatic heterocycles. The maximum Gasteiger partial charge on any atom is 0.271 e. The van der Waals surface area contributed by atoms with E-state index in [-0.39, 0.29) is 5.91 Å². The molecular formula is C14H25N3O. The SMILES string of the molecule is CCCCCCCCNC(=O)c1cc(C)n(C)n1. The molecule has 0 aliphatic heterocycles. The van der Waals surface area contributed by atoms with Crippen LogP contribution in [0.3, 0.4) is 0 Å². The van der Waals surface area contributed by atoms with E-state index in [2.05, 4.69) is 17.3 Å². The minimum atomic E-state index is -0.0627. The third kappa shape index (κ3) is 4.90. The van der Waals surface area contributed by atoms with Gasteiger partial charge in [0.05, 0.1) is 0 Å². The predicted molar refractivity (Wildman–Crippen MR) is 73.7 cm³/mol. The molecule has 0 aliphatic rings. The molecule has 4 heteroatoms. The highest BCUT2D eigenvalue weighted by atomic mass is 16.1. The third-order valence-corrected chi connectivity index (χ3v) is 3.16. The van der Waals surface area contributed by atoms with Crippen molar-refractivity contribution in [2.75, 3.05) is 6.54 Å². The number of nitrogens with zero attached hydrogens (tertiary/aromatic N) is 2. The molecule has 1 amide bonds. The average Bonchev–Trinajstić information content (AvgIpc) is 2.68. The molecule has 0 aliphatic carbocycles. The van der Waals surface area contributed by atoms with E-state index >= 15 is 0 Å². The molecule has 0 aromatic carbocycles. The minimum Gasteiger partial charge on any atom is -0.351 e. The van der Waals surface area contributed by atoms with E-state index in [4.69, 9.17) is 0 Å². The second-order valence-corrected chi connectivity index (χ2v) is 4.82. The van der Waals surface area contributed by atoms with Crippen LogP contribution in [0.2, 0.25) is 0 Å². The van der Waals surface area contributed by atoms with E-state index in [0.717, 1.165) is 18.7 Å². The number of carbonyl (C=O) groups is 1. The normalized spacial score (nSPS) is 10.6. The number of aromatic nitrogens is 2. The fourth-order valence-corrected chi connectivity index (χ4v) is 1.87. The molecule has 1 heterocycles. The first-order valence-corrected chi connectivity index (χ1v) is 6.94. The third-order valence-electron chi connectivity index (χ3n) is 3.16. The average molecular weight is 251 g/mol. The van der Waals surface area contributed by atoms with Crippen LogP contribution in [0.15, 0.2) is 6.07 Å². The quantitative estimate of drug-likeness (QED) is 0.722. The second-order valence-electron chi connectivity index (χ2n) is 4.82. The van der Waals surface area contributed by atoms with Crippen LogP contribution in [-0.4, -0.2) is 22.2 Å². The Bertz CT molecular complexity index is 352. The van der Waals surface area contributed by atoms with Gasteiger partial charge in [0.15, 0.2) is 0 Å². The van der Waals surface area contributed by atoms with E-state index < -0.39 is 0 Å². The molecule has 0 fully saturated rings. The van der Waals surface area contributed by atoms with Gasteiger partial charge < -0.3 is 5.32 Å². The van der Waals surface area contributed by atoms with Gasteiger partial charge in [0.1, 0.15) is 5.69 Å². The molecule has 0 spiro atoms. The second kappa shape index (κ2) is 7.90. The van der Waals surface area contributed by atoms with Crippen LogP contribution in [0.1, 0.15) is 61.6 Å². The number of amides is 1. The standard InChI is InChI=1S/C14H25N3O/c1-4-5-6-7-8-9-10-15-14(18)13-11-12(2)17(3)16-13/h11H,4-10H2,1-3H3,(H,15,18). The molecule has 1 aromatic rings. The summed E-state index contributed by atoms with van der Waals surface area (Å²) in [6, 6.07) is 1.82. The molecule has 1 N–H and O–H groups in total. The first-order chi connectivity index (χ1) is 8.65. The molecule has 102 valence electrons. The van der Waals surface area contributed by atoms with Gasteiger partial charge in [0, 0.05) is 19.3 Å². The smallest absolute Gasteiger partial charge is 0.271 e. The Morgan fingerprint density at radius 2 is 1.94 bits per heavy atom. The van der Waals surface area contributed by atoms with Crippen LogP contribution < -0.4 is 5.32 Å². The summed E-state index contributed by atoms with van der Waals surface area (Å²) in [6.07, 6.45) is 7.43. The summed E-state index contributed by atoms with van der Waals surface area (Å²) in [5.74, 6) is -0.0627. The summed E-state index contributed by atoms with van der Waals surface area (Å²) < 4.78 is 1.72. The van der Waals surface area contributed by atoms with Gasteiger partial charge in [0.2, 0.25) is 0 Å². The van der Waals surface area contributed by atoms with Crippen molar-refractivity contribution in [2.24, 2.45) is 7.05 Å². The Kier molecular flexibility index (Phi) is 6.47. The molecule has 0 saturated heterocycles. The van der Waals surface area contributed by atoms with Gasteiger partial charge in [-0.2, -0.15) is 5.10 Å². The highest BCUT2D eigenvalue weighted by Gasteiger charge is 2.09. The Morgan fingerprint density at radius 3 is 2.56 bits per heavy atom. The van der Waals surface area contributed by atoms with E-state index in [1.807, 2.05) is 20.0 Å². The summed E-state index contributed by atoms with van der Waals surface area (Å²) >= 11 is 0. The van der Waals surface area contributed by atoms with Gasteiger partial charge in [-0.1, -0.05) is 39.0 Å². The van der Waals surface area contributed by atoms with Crippen molar-refractivity contribution in [3.8, 4) is 0 Å². The molecule has 0 radical (unpaired) electrons. The number of nitrogens with one attached hydrogen (secondary N) is 1. The van der Waals surface area contributed by atoms with E-state index in [9.17, 15) is 4.79 Å². The maximum atomic E-state index is 11.8. The fourth-order valence-electron chi connectivity index (χ4n) is 1.87. The first-order valence-electron chi connectivity index (χ1n) is 6.94. The summed E-state index contributed by atoms with van der Waals surface area (Å²) in [4.78, 5) is 11.8. The molecule has 0 unspecified atom stereocenters. The highest BCUT2D eigenvalue weighted by molar-refractivity contribution is 5.92. The largest absolute Gasteiger partial charge is 0.351 e. The lowest BCUT2D eigenvalue weighted by atomic mass is 10.1. The number of rotatable bonds is 8. The number of hydrogen-bond donors (Lipinski definition) is 1. The van der Waals surface area contributed by atoms with Crippen molar-refractivity contribution in [1.29, 1.82) is 0 Å². The van der Waals surface area contributed by atoms with Crippen molar-refractivity contribution in [1.82, 2.24) is 15.1 Å². The summed E-state index contributed by atoms with van der Waals surface area (Å²) in [7, 11) is 1.85. The van der Waals surface area contributed by atoms with Crippen LogP contribution in [-0.2, 0) is 7.05 Å². The molecule has 18 heavy (non-hydrogen) atoms. The first kappa shape index (κ1) is 14.7. The van der Waals surface area contributed by atoms with Crippen molar-refractivity contribution in [2.45, 2.75) is 52.4 Å². The molecule has 1 rings (SSSR count). The van der Waals surface area contributed by atoms with Crippen LogP contribution in [0.25, 0.3) is 0 Å². The van der Waals surface area contributed by atoms with Crippen molar-refractivity contribution in [3.63, 3.8) is 0 Å². The van der Waals surface area contributed by atoms with Crippen molar-refractivity contribution in [3.05, 3.63) is 17.5 Å². The van der Waals surface area contributed by atoms with E-state index in [1.165, 1.54) is 32.1 Å². The molecule has 4 nitrogen and oxygen atoms in total. The maximum absolute atomic E-state index is 11.8. The van der Waals surface area contributed by atoms with Crippen LogP contribution >= 0.6 is 0 Å². The van der Waals surface area contributed by atoms with E-state index in [0.29, 0.717) is 5.69 Å². The van der Waals surface area contributed by atoms with Gasteiger partial charge in [-0.3, -0.25) is 9.48 Å². The zero-order chi connectivity index (χ0) is 13.4. The number of unbranched alkanes of at least 4 members (excludes halogenated alkanes) is 5. The van der Waals surface area contributed by atoms with Crippen LogP contribution in [0.4, 0.5) is 0 Å². The Labute approximate surface area is 110 Å². The van der Waals surface area contributed by atoms with Gasteiger partial charge in [-0.15, -0.1) is 0 Å². The molecule has 0 saturated carbocycles. The summed E-state index contributed by atoms with van der Waals surface area (Å²) in [6.45, 7) is 4.91. The van der Waals surface area contributed by atoms with Gasteiger partial charge in [-0.05, 0) is 19.4 Å². The number of hydrogen-bond acceptors (Lipinski definition) is 2. The van der Waals surface area contributed by atoms with Gasteiger partial charge in [-0.25, -0.2) is 0 Å². The Morgan fingerprint density at radius 1 is 1.28 bits per heavy atom. The van der Waals surface area contributed by atoms with Crippen LogP contribution in [0, 0.1) is 6.92 Å². The highest BCUT2D eigenvalue weighted by Crippen LogP contribution is 2.05. The number of carbonyl (C=O) groups excluding carboxylic acids is 1. The van der Waals surface area contributed by atoms with Gasteiger partial charge >= 0.3 is 0 Å². The molecular weight excluding hydrogens is 226 g/mol. The van der Waals surface area contributed by atoms with Crippen molar-refractivity contribution >= 4 is 5.91 Å². The van der Waals surface area contributed by atoms with Crippen LogP contribution in [0.5, 0.6) is 0 Å². The van der Waals surface area contributed by atoms with Crippen molar-refractivity contribution < 1.29 is 4.79 Å². The van der Waals surface area contributed by atoms with Gasteiger partial charge in [0.25, 0.3) is 5.91 Å². The zero-order valence-electron chi connectivity index (χ0n) is 11.8. The topological polar surface area (TPSA) is 46.9 Å². The Balaban J connectivity index is 2.14. The lowest BCUT2D eigenvalue weighted by molar-refractivity contribution is 0.0947. The summed E-state index contributed by atoms with van der Waals surface area (Å²) in [5, 5.41) is 7.07. The zero-order valence-corrected chi connectivity index (χ0v) is 11.8. The summed E-state index contributed by atoms with van der Waals surface area (Å²) in [5.41, 5.74) is 1.51. The monoisotopic (exact) mass is 251 g/mol. The number of aryl methyl sites for hydroxylation is 2. The van der Waals surface area contributed by atoms with E-state index in [1.54, 1.807) is 4.68 Å². The molecule has 0 bridgehead atoms. The molecule has 0 atom stereocenters.